The Kier molecular flexibility index (Phi) is 3.70. The monoisotopic (exact) mass is 149 g/mol. The molecule has 0 heterocycles. The highest BCUT2D eigenvalue weighted by molar-refractivity contribution is 5.13. The maximum absolute atomic E-state index is 3.16. The largest absolute Gasteiger partial charge is 0.319 e. The van der Waals surface area contributed by atoms with Crippen LogP contribution in [0.3, 0.4) is 0 Å². The van der Waals surface area contributed by atoms with Crippen LogP contribution in [0.2, 0.25) is 0 Å². The SMILES string of the molecule is CNCC1C=CC/C=C\C=C/1. The molecule has 1 aliphatic rings. The molecule has 11 heavy (non-hydrogen) atoms. The summed E-state index contributed by atoms with van der Waals surface area (Å²) >= 11 is 0. The highest BCUT2D eigenvalue weighted by atomic mass is 14.8. The van der Waals surface area contributed by atoms with Gasteiger partial charge in [-0.2, -0.15) is 0 Å². The molecule has 0 radical (unpaired) electrons. The van der Waals surface area contributed by atoms with Crippen molar-refractivity contribution >= 4 is 0 Å². The predicted octanol–water partition coefficient (Wildman–Crippen LogP) is 1.89. The lowest BCUT2D eigenvalue weighted by Gasteiger charge is -2.06. The highest BCUT2D eigenvalue weighted by Crippen LogP contribution is 2.04. The van der Waals surface area contributed by atoms with E-state index in [4.69, 9.17) is 0 Å². The second-order valence-corrected chi connectivity index (χ2v) is 2.70. The van der Waals surface area contributed by atoms with Crippen LogP contribution in [0.15, 0.2) is 36.5 Å². The lowest BCUT2D eigenvalue weighted by molar-refractivity contribution is 0.700. The number of hydrogen-bond acceptors (Lipinski definition) is 1. The summed E-state index contributed by atoms with van der Waals surface area (Å²) in [5.74, 6) is 0.560. The number of nitrogens with one attached hydrogen (secondary N) is 1. The first-order chi connectivity index (χ1) is 5.43. The van der Waals surface area contributed by atoms with Crippen LogP contribution in [0.5, 0.6) is 0 Å². The molecular weight excluding hydrogens is 134 g/mol. The fourth-order valence-corrected chi connectivity index (χ4v) is 1.13. The highest BCUT2D eigenvalue weighted by Gasteiger charge is 1.96. The molecule has 0 saturated heterocycles. The van der Waals surface area contributed by atoms with E-state index in [9.17, 15) is 0 Å². The maximum atomic E-state index is 3.16. The maximum Gasteiger partial charge on any atom is 0.00748 e. The molecule has 1 nitrogen and oxygen atoms in total. The zero-order chi connectivity index (χ0) is 7.94. The summed E-state index contributed by atoms with van der Waals surface area (Å²) in [5, 5.41) is 3.16. The lowest BCUT2D eigenvalue weighted by atomic mass is 10.1. The van der Waals surface area contributed by atoms with Crippen LogP contribution in [0.1, 0.15) is 6.42 Å². The van der Waals surface area contributed by atoms with Gasteiger partial charge in [0.2, 0.25) is 0 Å². The second kappa shape index (κ2) is 4.91. The van der Waals surface area contributed by atoms with Crippen LogP contribution in [0.4, 0.5) is 0 Å². The first-order valence-corrected chi connectivity index (χ1v) is 4.08. The molecule has 0 bridgehead atoms. The van der Waals surface area contributed by atoms with Crippen molar-refractivity contribution in [3.05, 3.63) is 36.5 Å². The van der Waals surface area contributed by atoms with Crippen LogP contribution in [0, 0.1) is 5.92 Å². The van der Waals surface area contributed by atoms with Gasteiger partial charge in [-0.3, -0.25) is 0 Å². The Balaban J connectivity index is 2.50. The zero-order valence-corrected chi connectivity index (χ0v) is 6.96. The molecule has 1 N–H and O–H groups in total. The van der Waals surface area contributed by atoms with Gasteiger partial charge in [0, 0.05) is 12.5 Å². The van der Waals surface area contributed by atoms with Crippen molar-refractivity contribution in [2.75, 3.05) is 13.6 Å². The van der Waals surface area contributed by atoms with E-state index in [1.165, 1.54) is 0 Å². The molecular formula is C10H15N. The number of hydrogen-bond donors (Lipinski definition) is 1. The first-order valence-electron chi connectivity index (χ1n) is 4.08. The summed E-state index contributed by atoms with van der Waals surface area (Å²) in [6, 6.07) is 0. The Morgan fingerprint density at radius 2 is 2.18 bits per heavy atom. The van der Waals surface area contributed by atoms with E-state index >= 15 is 0 Å². The van der Waals surface area contributed by atoms with Crippen molar-refractivity contribution in [2.45, 2.75) is 6.42 Å². The third-order valence-corrected chi connectivity index (χ3v) is 1.70. The van der Waals surface area contributed by atoms with Crippen LogP contribution in [0.25, 0.3) is 0 Å². The van der Waals surface area contributed by atoms with Crippen LogP contribution >= 0.6 is 0 Å². The second-order valence-electron chi connectivity index (χ2n) is 2.70. The molecule has 1 heteroatoms. The van der Waals surface area contributed by atoms with Gasteiger partial charge in [-0.25, -0.2) is 0 Å². The van der Waals surface area contributed by atoms with Gasteiger partial charge in [-0.15, -0.1) is 0 Å². The summed E-state index contributed by atoms with van der Waals surface area (Å²) in [7, 11) is 1.98. The van der Waals surface area contributed by atoms with Gasteiger partial charge in [0.1, 0.15) is 0 Å². The summed E-state index contributed by atoms with van der Waals surface area (Å²) < 4.78 is 0. The van der Waals surface area contributed by atoms with Crippen molar-refractivity contribution in [2.24, 2.45) is 5.92 Å². The van der Waals surface area contributed by atoms with Crippen molar-refractivity contribution in [1.82, 2.24) is 5.32 Å². The van der Waals surface area contributed by atoms with Crippen LogP contribution in [-0.4, -0.2) is 13.6 Å². The van der Waals surface area contributed by atoms with Gasteiger partial charge in [0.25, 0.3) is 0 Å². The molecule has 1 rings (SSSR count). The molecule has 0 aliphatic heterocycles. The topological polar surface area (TPSA) is 12.0 Å². The quantitative estimate of drug-likeness (QED) is 0.591. The van der Waals surface area contributed by atoms with Gasteiger partial charge < -0.3 is 5.32 Å². The van der Waals surface area contributed by atoms with Gasteiger partial charge in [0.15, 0.2) is 0 Å². The third kappa shape index (κ3) is 3.19. The molecule has 0 saturated carbocycles. The minimum Gasteiger partial charge on any atom is -0.319 e. The average Bonchev–Trinajstić information content (AvgIpc) is 1.94. The molecule has 1 unspecified atom stereocenters. The third-order valence-electron chi connectivity index (χ3n) is 1.70. The number of allylic oxidation sites excluding steroid dienone is 4. The van der Waals surface area contributed by atoms with Crippen molar-refractivity contribution in [3.63, 3.8) is 0 Å². The molecule has 1 atom stereocenters. The molecule has 0 aromatic rings. The lowest BCUT2D eigenvalue weighted by Crippen LogP contribution is -2.15. The standard InChI is InChI=1S/C10H15N/c1-11-9-10-7-5-3-2-4-6-8-10/h2-3,5-8,10-11H,4,9H2,1H3/b3-2-,7-5-,8-6?. The van der Waals surface area contributed by atoms with E-state index < -0.39 is 0 Å². The Morgan fingerprint density at radius 3 is 3.00 bits per heavy atom. The van der Waals surface area contributed by atoms with E-state index in [0.717, 1.165) is 13.0 Å². The van der Waals surface area contributed by atoms with Gasteiger partial charge in [0.05, 0.1) is 0 Å². The molecule has 0 amide bonds. The minimum atomic E-state index is 0.560. The molecule has 60 valence electrons. The smallest absolute Gasteiger partial charge is 0.00748 e. The van der Waals surface area contributed by atoms with Crippen LogP contribution < -0.4 is 5.32 Å². The van der Waals surface area contributed by atoms with Crippen molar-refractivity contribution in [1.29, 1.82) is 0 Å². The fraction of sp³-hybridized carbons (Fsp3) is 0.400. The van der Waals surface area contributed by atoms with Crippen molar-refractivity contribution < 1.29 is 0 Å². The van der Waals surface area contributed by atoms with Crippen LogP contribution in [-0.2, 0) is 0 Å². The molecule has 0 aromatic carbocycles. The van der Waals surface area contributed by atoms with E-state index in [0.29, 0.717) is 5.92 Å². The number of rotatable bonds is 2. The fourth-order valence-electron chi connectivity index (χ4n) is 1.13. The average molecular weight is 149 g/mol. The molecule has 1 aliphatic carbocycles. The minimum absolute atomic E-state index is 0.560. The Hall–Kier alpha value is -0.820. The Labute approximate surface area is 68.5 Å². The van der Waals surface area contributed by atoms with Gasteiger partial charge >= 0.3 is 0 Å². The Morgan fingerprint density at radius 1 is 1.27 bits per heavy atom. The van der Waals surface area contributed by atoms with E-state index in [-0.39, 0.29) is 0 Å². The summed E-state index contributed by atoms with van der Waals surface area (Å²) in [4.78, 5) is 0. The van der Waals surface area contributed by atoms with Crippen molar-refractivity contribution in [3.8, 4) is 0 Å². The molecule has 0 spiro atoms. The van der Waals surface area contributed by atoms with E-state index in [2.05, 4.69) is 41.8 Å². The summed E-state index contributed by atoms with van der Waals surface area (Å²) in [5.41, 5.74) is 0. The summed E-state index contributed by atoms with van der Waals surface area (Å²) in [6.07, 6.45) is 14.1. The molecule has 0 aromatic heterocycles. The summed E-state index contributed by atoms with van der Waals surface area (Å²) in [6.45, 7) is 1.03. The van der Waals surface area contributed by atoms with E-state index in [1.807, 2.05) is 7.05 Å². The van der Waals surface area contributed by atoms with Gasteiger partial charge in [-0.1, -0.05) is 36.5 Å². The predicted molar refractivity (Wildman–Crippen MR) is 49.5 cm³/mol. The van der Waals surface area contributed by atoms with Gasteiger partial charge in [-0.05, 0) is 13.5 Å². The first kappa shape index (κ1) is 8.28. The Bertz CT molecular complexity index is 177. The molecule has 0 fully saturated rings. The normalized spacial score (nSPS) is 29.0. The zero-order valence-electron chi connectivity index (χ0n) is 6.96. The van der Waals surface area contributed by atoms with E-state index in [1.54, 1.807) is 0 Å².